The van der Waals surface area contributed by atoms with E-state index in [0.29, 0.717) is 25.2 Å². The van der Waals surface area contributed by atoms with Crippen molar-refractivity contribution in [2.24, 2.45) is 5.92 Å². The summed E-state index contributed by atoms with van der Waals surface area (Å²) in [7, 11) is 0. The predicted molar refractivity (Wildman–Crippen MR) is 94.5 cm³/mol. The second-order valence-corrected chi connectivity index (χ2v) is 6.56. The number of benzene rings is 1. The minimum atomic E-state index is -0.101. The second-order valence-electron chi connectivity index (χ2n) is 6.56. The van der Waals surface area contributed by atoms with Gasteiger partial charge in [-0.1, -0.05) is 17.3 Å². The number of carbonyl (C=O) groups excluding carboxylic acids is 1. The van der Waals surface area contributed by atoms with E-state index in [9.17, 15) is 4.79 Å². The minimum absolute atomic E-state index is 0.0415. The molecule has 7 heteroatoms. The molecule has 2 aromatic heterocycles. The van der Waals surface area contributed by atoms with Crippen LogP contribution >= 0.6 is 0 Å². The highest BCUT2D eigenvalue weighted by molar-refractivity contribution is 5.94. The number of nitrogens with one attached hydrogen (secondary N) is 2. The topological polar surface area (TPSA) is 93.0 Å². The van der Waals surface area contributed by atoms with Crippen LogP contribution in [0.3, 0.4) is 0 Å². The largest absolute Gasteiger partial charge is 0.379 e. The maximum absolute atomic E-state index is 12.6. The van der Waals surface area contributed by atoms with Crippen molar-refractivity contribution in [3.8, 4) is 11.3 Å². The van der Waals surface area contributed by atoms with Crippen molar-refractivity contribution in [1.82, 2.24) is 20.7 Å². The van der Waals surface area contributed by atoms with Crippen LogP contribution < -0.4 is 5.32 Å². The number of hydrogen-bond acceptors (Lipinski definition) is 5. The summed E-state index contributed by atoms with van der Waals surface area (Å²) >= 11 is 0. The van der Waals surface area contributed by atoms with Crippen LogP contribution in [-0.4, -0.2) is 40.5 Å². The molecule has 0 bridgehead atoms. The van der Waals surface area contributed by atoms with Crippen LogP contribution in [0.1, 0.15) is 21.8 Å². The summed E-state index contributed by atoms with van der Waals surface area (Å²) in [6, 6.07) is 11.2. The zero-order chi connectivity index (χ0) is 17.9. The summed E-state index contributed by atoms with van der Waals surface area (Å²) in [4.78, 5) is 12.6. The van der Waals surface area contributed by atoms with Gasteiger partial charge in [0.1, 0.15) is 5.76 Å². The summed E-state index contributed by atoms with van der Waals surface area (Å²) in [6.07, 6.45) is 2.40. The van der Waals surface area contributed by atoms with Crippen LogP contribution in [0.2, 0.25) is 0 Å². The van der Waals surface area contributed by atoms with Gasteiger partial charge in [0.05, 0.1) is 30.6 Å². The Bertz CT molecular complexity index is 871. The Balaban J connectivity index is 1.40. The van der Waals surface area contributed by atoms with Crippen molar-refractivity contribution in [2.75, 3.05) is 13.2 Å². The highest BCUT2D eigenvalue weighted by atomic mass is 16.5. The average molecular weight is 352 g/mol. The van der Waals surface area contributed by atoms with E-state index in [2.05, 4.69) is 20.7 Å². The fraction of sp³-hybridized carbons (Fsp3) is 0.316. The molecule has 0 unspecified atom stereocenters. The molecule has 0 saturated carbocycles. The van der Waals surface area contributed by atoms with Gasteiger partial charge in [-0.2, -0.15) is 5.10 Å². The number of hydrogen-bond donors (Lipinski definition) is 2. The molecule has 4 rings (SSSR count). The van der Waals surface area contributed by atoms with Gasteiger partial charge >= 0.3 is 0 Å². The van der Waals surface area contributed by atoms with E-state index in [1.807, 2.05) is 43.3 Å². The Labute approximate surface area is 150 Å². The molecule has 2 atom stereocenters. The smallest absolute Gasteiger partial charge is 0.251 e. The van der Waals surface area contributed by atoms with E-state index in [-0.39, 0.29) is 17.9 Å². The summed E-state index contributed by atoms with van der Waals surface area (Å²) in [6.45, 7) is 3.00. The van der Waals surface area contributed by atoms with Crippen molar-refractivity contribution in [1.29, 1.82) is 0 Å². The maximum atomic E-state index is 12.6. The van der Waals surface area contributed by atoms with Crippen molar-refractivity contribution in [3.63, 3.8) is 0 Å². The van der Waals surface area contributed by atoms with Crippen LogP contribution in [0.15, 0.2) is 47.1 Å². The van der Waals surface area contributed by atoms with Crippen LogP contribution in [0.5, 0.6) is 0 Å². The molecule has 0 radical (unpaired) electrons. The third-order valence-electron chi connectivity index (χ3n) is 4.61. The van der Waals surface area contributed by atoms with Gasteiger partial charge in [0.25, 0.3) is 5.91 Å². The molecule has 3 aromatic rings. The minimum Gasteiger partial charge on any atom is -0.379 e. The first-order chi connectivity index (χ1) is 12.7. The monoisotopic (exact) mass is 352 g/mol. The lowest BCUT2D eigenvalue weighted by Gasteiger charge is -2.18. The summed E-state index contributed by atoms with van der Waals surface area (Å²) < 4.78 is 10.9. The molecule has 2 N–H and O–H groups in total. The lowest BCUT2D eigenvalue weighted by molar-refractivity contribution is 0.0924. The number of carbonyl (C=O) groups is 1. The van der Waals surface area contributed by atoms with E-state index in [1.165, 1.54) is 0 Å². The highest BCUT2D eigenvalue weighted by Crippen LogP contribution is 2.21. The number of ether oxygens (including phenoxy) is 1. The molecule has 26 heavy (non-hydrogen) atoms. The Morgan fingerprint density at radius 2 is 2.12 bits per heavy atom. The Morgan fingerprint density at radius 3 is 2.81 bits per heavy atom. The lowest BCUT2D eigenvalue weighted by atomic mass is 9.97. The number of aryl methyl sites for hydroxylation is 1. The van der Waals surface area contributed by atoms with E-state index in [1.54, 1.807) is 6.20 Å². The number of aromatic nitrogens is 3. The van der Waals surface area contributed by atoms with Gasteiger partial charge < -0.3 is 14.6 Å². The number of amides is 1. The van der Waals surface area contributed by atoms with E-state index < -0.39 is 0 Å². The van der Waals surface area contributed by atoms with Crippen molar-refractivity contribution >= 4 is 5.91 Å². The number of H-pyrrole nitrogens is 1. The quantitative estimate of drug-likeness (QED) is 0.735. The van der Waals surface area contributed by atoms with Crippen LogP contribution in [-0.2, 0) is 11.2 Å². The molecule has 1 aromatic carbocycles. The van der Waals surface area contributed by atoms with Crippen LogP contribution in [0.25, 0.3) is 11.3 Å². The normalized spacial score (nSPS) is 19.6. The third-order valence-corrected chi connectivity index (χ3v) is 4.61. The number of rotatable bonds is 5. The van der Waals surface area contributed by atoms with Gasteiger partial charge in [-0.3, -0.25) is 9.89 Å². The molecule has 1 amide bonds. The number of aromatic amines is 1. The maximum Gasteiger partial charge on any atom is 0.251 e. The first kappa shape index (κ1) is 16.5. The molecule has 1 aliphatic heterocycles. The molecular formula is C19H20N4O3. The molecule has 134 valence electrons. The molecule has 1 aliphatic rings. The molecular weight excluding hydrogens is 332 g/mol. The Hall–Kier alpha value is -2.93. The van der Waals surface area contributed by atoms with Crippen molar-refractivity contribution < 1.29 is 14.1 Å². The first-order valence-corrected chi connectivity index (χ1v) is 8.59. The van der Waals surface area contributed by atoms with E-state index in [4.69, 9.17) is 9.26 Å². The van der Waals surface area contributed by atoms with Gasteiger partial charge in [-0.25, -0.2) is 0 Å². The zero-order valence-corrected chi connectivity index (χ0v) is 14.4. The van der Waals surface area contributed by atoms with Gasteiger partial charge in [0.15, 0.2) is 0 Å². The molecule has 0 spiro atoms. The zero-order valence-electron chi connectivity index (χ0n) is 14.4. The van der Waals surface area contributed by atoms with Crippen LogP contribution in [0, 0.1) is 12.8 Å². The van der Waals surface area contributed by atoms with E-state index >= 15 is 0 Å². The van der Waals surface area contributed by atoms with Gasteiger partial charge in [0.2, 0.25) is 0 Å². The molecule has 3 heterocycles. The number of nitrogens with zero attached hydrogens (tertiary/aromatic N) is 2. The predicted octanol–water partition coefficient (Wildman–Crippen LogP) is 2.36. The molecule has 0 aliphatic carbocycles. The van der Waals surface area contributed by atoms with Crippen molar-refractivity contribution in [2.45, 2.75) is 19.4 Å². The SMILES string of the molecule is Cc1cc(C[C@@H]2COC[C@@H]2NC(=O)c2ccc(-c3ccn[nH]3)cc2)on1. The molecule has 7 nitrogen and oxygen atoms in total. The van der Waals surface area contributed by atoms with Gasteiger partial charge in [0, 0.05) is 30.2 Å². The standard InChI is InChI=1S/C19H20N4O3/c1-12-8-16(26-23-12)9-15-10-25-11-18(15)21-19(24)14-4-2-13(3-5-14)17-6-7-20-22-17/h2-8,15,18H,9-11H2,1H3,(H,20,22)(H,21,24)/t15-,18+/m1/s1. The third kappa shape index (κ3) is 3.52. The van der Waals surface area contributed by atoms with Crippen molar-refractivity contribution in [3.05, 3.63) is 59.6 Å². The summed E-state index contributed by atoms with van der Waals surface area (Å²) in [5, 5.41) is 13.8. The average Bonchev–Trinajstić information content (AvgIpc) is 3.39. The summed E-state index contributed by atoms with van der Waals surface area (Å²) in [5.74, 6) is 0.895. The molecule has 1 fully saturated rings. The fourth-order valence-electron chi connectivity index (χ4n) is 3.20. The fourth-order valence-corrected chi connectivity index (χ4v) is 3.20. The summed E-state index contributed by atoms with van der Waals surface area (Å²) in [5.41, 5.74) is 3.39. The lowest BCUT2D eigenvalue weighted by Crippen LogP contribution is -2.40. The first-order valence-electron chi connectivity index (χ1n) is 8.59. The Kier molecular flexibility index (Phi) is 4.53. The van der Waals surface area contributed by atoms with Gasteiger partial charge in [-0.15, -0.1) is 0 Å². The Morgan fingerprint density at radius 1 is 1.27 bits per heavy atom. The van der Waals surface area contributed by atoms with E-state index in [0.717, 1.165) is 22.7 Å². The highest BCUT2D eigenvalue weighted by Gasteiger charge is 2.31. The van der Waals surface area contributed by atoms with Gasteiger partial charge in [-0.05, 0) is 30.7 Å². The second kappa shape index (κ2) is 7.13. The molecule has 1 saturated heterocycles. The van der Waals surface area contributed by atoms with Crippen LogP contribution in [0.4, 0.5) is 0 Å².